The van der Waals surface area contributed by atoms with Crippen molar-refractivity contribution in [2.75, 3.05) is 24.5 Å². The molecule has 10 heteroatoms. The number of rotatable bonds is 3. The lowest BCUT2D eigenvalue weighted by Crippen LogP contribution is -2.54. The molecule has 5 heterocycles. The highest BCUT2D eigenvalue weighted by Gasteiger charge is 2.31. The predicted octanol–water partition coefficient (Wildman–Crippen LogP) is 4.71. The lowest BCUT2D eigenvalue weighted by atomic mass is 10.0. The van der Waals surface area contributed by atoms with E-state index in [0.29, 0.717) is 58.9 Å². The van der Waals surface area contributed by atoms with Crippen LogP contribution >= 0.6 is 0 Å². The van der Waals surface area contributed by atoms with Crippen LogP contribution < -0.4 is 10.6 Å². The third-order valence-corrected chi connectivity index (χ3v) is 7.59. The highest BCUT2D eigenvalue weighted by molar-refractivity contribution is 6.07. The third kappa shape index (κ3) is 4.29. The first kappa shape index (κ1) is 26.4. The molecule has 0 bridgehead atoms. The Hall–Kier alpha value is -4.78. The normalized spacial score (nSPS) is 15.6. The Morgan fingerprint density at radius 2 is 1.98 bits per heavy atom. The van der Waals surface area contributed by atoms with Gasteiger partial charge in [0.2, 0.25) is 0 Å². The quantitative estimate of drug-likeness (QED) is 0.299. The number of amides is 1. The molecule has 0 saturated carbocycles. The molecule has 1 aliphatic heterocycles. The van der Waals surface area contributed by atoms with Crippen molar-refractivity contribution >= 4 is 44.8 Å². The summed E-state index contributed by atoms with van der Waals surface area (Å²) in [4.78, 5) is 44.2. The summed E-state index contributed by atoms with van der Waals surface area (Å²) < 4.78 is 22.5. The number of piperazine rings is 1. The summed E-state index contributed by atoms with van der Waals surface area (Å²) in [5.74, 6) is 5.03. The number of carbonyl (C=O) groups excluding carboxylic acids is 1. The summed E-state index contributed by atoms with van der Waals surface area (Å²) in [7, 11) is 0. The molecule has 6 rings (SSSR count). The number of hydrogen-bond acceptors (Lipinski definition) is 7. The molecule has 1 amide bonds. The highest BCUT2D eigenvalue weighted by atomic mass is 19.1. The van der Waals surface area contributed by atoms with Gasteiger partial charge in [-0.2, -0.15) is 4.98 Å². The zero-order valence-electron chi connectivity index (χ0n) is 23.5. The van der Waals surface area contributed by atoms with E-state index in [2.05, 4.69) is 21.8 Å². The molecule has 1 atom stereocenters. The Labute approximate surface area is 235 Å². The smallest absolute Gasteiger partial charge is 0.355 e. The summed E-state index contributed by atoms with van der Waals surface area (Å²) in [6, 6.07) is 8.10. The molecule has 0 radical (unpaired) electrons. The number of benzene rings is 1. The third-order valence-electron chi connectivity index (χ3n) is 7.59. The van der Waals surface area contributed by atoms with E-state index in [0.717, 1.165) is 11.3 Å². The average molecular weight is 553 g/mol. The van der Waals surface area contributed by atoms with E-state index in [9.17, 15) is 9.59 Å². The molecule has 0 unspecified atom stereocenters. The molecule has 4 aromatic heterocycles. The van der Waals surface area contributed by atoms with E-state index in [1.54, 1.807) is 36.2 Å². The van der Waals surface area contributed by atoms with Gasteiger partial charge in [0.05, 0.1) is 22.2 Å². The summed E-state index contributed by atoms with van der Waals surface area (Å²) in [6.07, 6.45) is 1.72. The Bertz CT molecular complexity index is 1980. The van der Waals surface area contributed by atoms with Gasteiger partial charge in [-0.15, -0.1) is 0 Å². The van der Waals surface area contributed by atoms with Crippen molar-refractivity contribution in [1.29, 1.82) is 0 Å². The summed E-state index contributed by atoms with van der Waals surface area (Å²) in [5, 5.41) is 0.834. The Kier molecular flexibility index (Phi) is 6.45. The van der Waals surface area contributed by atoms with E-state index in [1.807, 2.05) is 38.7 Å². The minimum absolute atomic E-state index is 0.0133. The van der Waals surface area contributed by atoms with E-state index >= 15 is 4.39 Å². The van der Waals surface area contributed by atoms with Crippen LogP contribution in [0, 0.1) is 24.6 Å². The van der Waals surface area contributed by atoms with Crippen LogP contribution in [0.3, 0.4) is 0 Å². The maximum atomic E-state index is 15.0. The molecule has 1 fully saturated rings. The second-order valence-electron chi connectivity index (χ2n) is 10.7. The number of hydrogen-bond donors (Lipinski definition) is 0. The van der Waals surface area contributed by atoms with Crippen LogP contribution in [0.5, 0.6) is 0 Å². The predicted molar refractivity (Wildman–Crippen MR) is 156 cm³/mol. The lowest BCUT2D eigenvalue weighted by Gasteiger charge is -2.40. The van der Waals surface area contributed by atoms with Crippen LogP contribution in [0.1, 0.15) is 44.9 Å². The van der Waals surface area contributed by atoms with Crippen molar-refractivity contribution < 1.29 is 13.6 Å². The van der Waals surface area contributed by atoms with Crippen molar-refractivity contribution in [3.8, 4) is 17.5 Å². The van der Waals surface area contributed by atoms with Crippen LogP contribution in [-0.4, -0.2) is 56.0 Å². The number of furan rings is 1. The van der Waals surface area contributed by atoms with Gasteiger partial charge in [-0.1, -0.05) is 25.8 Å². The average Bonchev–Trinajstić information content (AvgIpc) is 3.31. The van der Waals surface area contributed by atoms with Crippen molar-refractivity contribution in [2.45, 2.75) is 46.6 Å². The molecule has 208 valence electrons. The van der Waals surface area contributed by atoms with Gasteiger partial charge in [-0.25, -0.2) is 18.7 Å². The van der Waals surface area contributed by atoms with Crippen LogP contribution in [0.2, 0.25) is 0 Å². The van der Waals surface area contributed by atoms with Gasteiger partial charge in [-0.05, 0) is 62.4 Å². The van der Waals surface area contributed by atoms with Crippen molar-refractivity contribution in [3.63, 3.8) is 0 Å². The lowest BCUT2D eigenvalue weighted by molar-refractivity contribution is -0.125. The van der Waals surface area contributed by atoms with E-state index in [1.165, 1.54) is 10.6 Å². The topological polar surface area (TPSA) is 97.4 Å². The van der Waals surface area contributed by atoms with Gasteiger partial charge in [0.1, 0.15) is 22.7 Å². The SMILES string of the molecule is CC#CC(=O)N1CCN(c2nc(=O)n(-c3c(C)ccnc3C(C)C)c3nc4c(cc23)oc2cccc(F)c24)[C@@H](C)C1. The van der Waals surface area contributed by atoms with Gasteiger partial charge in [0, 0.05) is 31.9 Å². The summed E-state index contributed by atoms with van der Waals surface area (Å²) >= 11 is 0. The number of aromatic nitrogens is 4. The highest BCUT2D eigenvalue weighted by Crippen LogP contribution is 2.36. The summed E-state index contributed by atoms with van der Waals surface area (Å²) in [5.41, 5.74) is 3.06. The number of nitrogens with zero attached hydrogens (tertiary/aromatic N) is 6. The molecule has 0 aliphatic carbocycles. The van der Waals surface area contributed by atoms with Gasteiger partial charge < -0.3 is 14.2 Å². The van der Waals surface area contributed by atoms with Crippen molar-refractivity contribution in [3.05, 3.63) is 64.1 Å². The molecule has 9 nitrogen and oxygen atoms in total. The number of fused-ring (bicyclic) bond motifs is 4. The first-order valence-corrected chi connectivity index (χ1v) is 13.6. The molecule has 41 heavy (non-hydrogen) atoms. The van der Waals surface area contributed by atoms with E-state index in [-0.39, 0.29) is 23.3 Å². The van der Waals surface area contributed by atoms with Crippen molar-refractivity contribution in [2.24, 2.45) is 0 Å². The number of halogens is 1. The largest absolute Gasteiger partial charge is 0.454 e. The number of pyridine rings is 2. The molecule has 1 aliphatic rings. The second kappa shape index (κ2) is 10.0. The fourth-order valence-corrected chi connectivity index (χ4v) is 5.65. The van der Waals surface area contributed by atoms with Gasteiger partial charge in [0.25, 0.3) is 5.91 Å². The molecule has 5 aromatic rings. The fourth-order valence-electron chi connectivity index (χ4n) is 5.65. The van der Waals surface area contributed by atoms with E-state index < -0.39 is 11.5 Å². The van der Waals surface area contributed by atoms with Crippen LogP contribution in [-0.2, 0) is 4.79 Å². The maximum Gasteiger partial charge on any atom is 0.355 e. The molecular weight excluding hydrogens is 523 g/mol. The van der Waals surface area contributed by atoms with E-state index in [4.69, 9.17) is 9.40 Å². The Morgan fingerprint density at radius 1 is 1.17 bits per heavy atom. The monoisotopic (exact) mass is 552 g/mol. The van der Waals surface area contributed by atoms with Crippen LogP contribution in [0.4, 0.5) is 10.2 Å². The summed E-state index contributed by atoms with van der Waals surface area (Å²) in [6.45, 7) is 10.8. The standard InChI is InChI=1S/C31H29FN6O3/c1-6-8-24(39)36-13-14-37(19(5)16-36)29-20-15-23-27(25-21(32)9-7-10-22(25)41-23)34-30(20)38(31(40)35-29)28-18(4)11-12-33-26(28)17(2)3/h7,9-12,15,17,19H,13-14,16H2,1-5H3/t19-/m0/s1. The van der Waals surface area contributed by atoms with Gasteiger partial charge in [0.15, 0.2) is 11.2 Å². The zero-order valence-corrected chi connectivity index (χ0v) is 23.5. The molecular formula is C31H29FN6O3. The molecule has 0 spiro atoms. The van der Waals surface area contributed by atoms with Crippen molar-refractivity contribution in [1.82, 2.24) is 24.4 Å². The number of aryl methyl sites for hydroxylation is 1. The zero-order chi connectivity index (χ0) is 29.0. The minimum atomic E-state index is -0.520. The van der Waals surface area contributed by atoms with Gasteiger partial charge >= 0.3 is 5.69 Å². The second-order valence-corrected chi connectivity index (χ2v) is 10.7. The number of carbonyl (C=O) groups is 1. The Morgan fingerprint density at radius 3 is 2.71 bits per heavy atom. The first-order chi connectivity index (χ1) is 19.7. The van der Waals surface area contributed by atoms with Crippen LogP contribution in [0.25, 0.3) is 38.8 Å². The fraction of sp³-hybridized carbons (Fsp3) is 0.323. The molecule has 0 N–H and O–H groups in total. The Balaban J connectivity index is 1.65. The van der Waals surface area contributed by atoms with Gasteiger partial charge in [-0.3, -0.25) is 9.78 Å². The number of anilines is 1. The molecule has 1 aromatic carbocycles. The van der Waals surface area contributed by atoms with Crippen LogP contribution in [0.15, 0.2) is 45.7 Å². The maximum absolute atomic E-state index is 15.0. The molecule has 1 saturated heterocycles. The minimum Gasteiger partial charge on any atom is -0.454 e. The first-order valence-electron chi connectivity index (χ1n) is 13.6.